The fraction of sp³-hybridized carbons (Fsp3) is 0.500. The molecule has 1 aliphatic rings. The molecular formula is C10H13FN2O. The minimum absolute atomic E-state index is 0.169. The molecule has 0 aliphatic heterocycles. The molecule has 1 heterocycles. The van der Waals surface area contributed by atoms with Gasteiger partial charge >= 0.3 is 0 Å². The summed E-state index contributed by atoms with van der Waals surface area (Å²) >= 11 is 0. The van der Waals surface area contributed by atoms with Crippen LogP contribution in [0.5, 0.6) is 0 Å². The van der Waals surface area contributed by atoms with Crippen molar-refractivity contribution < 1.29 is 9.50 Å². The molecule has 0 bridgehead atoms. The average Bonchev–Trinajstić information content (AvgIpc) is 3.00. The summed E-state index contributed by atoms with van der Waals surface area (Å²) in [6.07, 6.45) is 3.49. The van der Waals surface area contributed by atoms with E-state index in [1.54, 1.807) is 0 Å². The van der Waals surface area contributed by atoms with Crippen molar-refractivity contribution in [1.82, 2.24) is 4.98 Å². The number of pyridine rings is 1. The summed E-state index contributed by atoms with van der Waals surface area (Å²) in [5.74, 6) is 0.290. The van der Waals surface area contributed by atoms with Crippen molar-refractivity contribution in [2.45, 2.75) is 25.5 Å². The van der Waals surface area contributed by atoms with E-state index >= 15 is 0 Å². The Bertz CT molecular complexity index is 339. The standard InChI is InChI=1S/C10H13FN2O/c1-13(9-2-3-9)10-7(6-14)4-8(11)5-12-10/h4-5,9,14H,2-3,6H2,1H3. The summed E-state index contributed by atoms with van der Waals surface area (Å²) in [5.41, 5.74) is 0.555. The molecule has 0 aromatic carbocycles. The average molecular weight is 196 g/mol. The molecule has 3 nitrogen and oxygen atoms in total. The van der Waals surface area contributed by atoms with E-state index in [9.17, 15) is 4.39 Å². The Morgan fingerprint density at radius 2 is 2.36 bits per heavy atom. The zero-order valence-electron chi connectivity index (χ0n) is 8.07. The molecule has 1 N–H and O–H groups in total. The normalized spacial score (nSPS) is 15.6. The Balaban J connectivity index is 2.30. The largest absolute Gasteiger partial charge is 0.392 e. The molecule has 2 rings (SSSR count). The molecule has 1 fully saturated rings. The molecule has 76 valence electrons. The van der Waals surface area contributed by atoms with E-state index in [1.807, 2.05) is 11.9 Å². The van der Waals surface area contributed by atoms with Gasteiger partial charge in [-0.3, -0.25) is 0 Å². The van der Waals surface area contributed by atoms with Crippen LogP contribution in [0.1, 0.15) is 18.4 Å². The molecule has 0 atom stereocenters. The van der Waals surface area contributed by atoms with Crippen molar-refractivity contribution in [3.8, 4) is 0 Å². The quantitative estimate of drug-likeness (QED) is 0.791. The predicted octanol–water partition coefficient (Wildman–Crippen LogP) is 1.31. The summed E-state index contributed by atoms with van der Waals surface area (Å²) in [6, 6.07) is 1.85. The number of hydrogen-bond acceptors (Lipinski definition) is 3. The highest BCUT2D eigenvalue weighted by Gasteiger charge is 2.28. The molecule has 0 spiro atoms. The minimum Gasteiger partial charge on any atom is -0.392 e. The maximum atomic E-state index is 12.8. The van der Waals surface area contributed by atoms with Crippen LogP contribution in [0.25, 0.3) is 0 Å². The summed E-state index contributed by atoms with van der Waals surface area (Å²) in [7, 11) is 1.93. The zero-order chi connectivity index (χ0) is 10.1. The van der Waals surface area contributed by atoms with Crippen molar-refractivity contribution in [2.24, 2.45) is 0 Å². The lowest BCUT2D eigenvalue weighted by molar-refractivity contribution is 0.281. The lowest BCUT2D eigenvalue weighted by Gasteiger charge is -2.19. The van der Waals surface area contributed by atoms with Crippen LogP contribution in [0.15, 0.2) is 12.3 Å². The van der Waals surface area contributed by atoms with Gasteiger partial charge in [-0.2, -0.15) is 0 Å². The molecule has 1 aromatic heterocycles. The van der Waals surface area contributed by atoms with Crippen molar-refractivity contribution in [2.75, 3.05) is 11.9 Å². The molecule has 1 saturated carbocycles. The van der Waals surface area contributed by atoms with Crippen LogP contribution in [0.3, 0.4) is 0 Å². The van der Waals surface area contributed by atoms with Gasteiger partial charge in [-0.15, -0.1) is 0 Å². The highest BCUT2D eigenvalue weighted by molar-refractivity contribution is 5.47. The third kappa shape index (κ3) is 1.70. The van der Waals surface area contributed by atoms with Gasteiger partial charge in [0.15, 0.2) is 0 Å². The number of aliphatic hydroxyl groups excluding tert-OH is 1. The number of halogens is 1. The highest BCUT2D eigenvalue weighted by atomic mass is 19.1. The second-order valence-electron chi connectivity index (χ2n) is 3.64. The van der Waals surface area contributed by atoms with Gasteiger partial charge in [-0.1, -0.05) is 0 Å². The zero-order valence-corrected chi connectivity index (χ0v) is 8.07. The van der Waals surface area contributed by atoms with E-state index in [4.69, 9.17) is 5.11 Å². The summed E-state index contributed by atoms with van der Waals surface area (Å²) in [4.78, 5) is 6.01. The molecule has 1 aliphatic carbocycles. The Kier molecular flexibility index (Phi) is 2.37. The van der Waals surface area contributed by atoms with Crippen LogP contribution in [0, 0.1) is 5.82 Å². The van der Waals surface area contributed by atoms with Gasteiger partial charge in [0.2, 0.25) is 0 Å². The summed E-state index contributed by atoms with van der Waals surface area (Å²) in [5, 5.41) is 9.06. The third-order valence-electron chi connectivity index (χ3n) is 2.51. The van der Waals surface area contributed by atoms with E-state index in [0.717, 1.165) is 12.8 Å². The lowest BCUT2D eigenvalue weighted by Crippen LogP contribution is -2.22. The van der Waals surface area contributed by atoms with Crippen molar-refractivity contribution in [3.63, 3.8) is 0 Å². The van der Waals surface area contributed by atoms with E-state index < -0.39 is 5.82 Å². The van der Waals surface area contributed by atoms with Crippen LogP contribution < -0.4 is 4.90 Å². The maximum absolute atomic E-state index is 12.8. The molecule has 0 radical (unpaired) electrons. The monoisotopic (exact) mass is 196 g/mol. The van der Waals surface area contributed by atoms with Crippen LogP contribution >= 0.6 is 0 Å². The van der Waals surface area contributed by atoms with E-state index in [2.05, 4.69) is 4.98 Å². The molecule has 0 unspecified atom stereocenters. The second-order valence-corrected chi connectivity index (χ2v) is 3.64. The highest BCUT2D eigenvalue weighted by Crippen LogP contribution is 2.30. The Morgan fingerprint density at radius 3 is 2.93 bits per heavy atom. The predicted molar refractivity (Wildman–Crippen MR) is 51.5 cm³/mol. The smallest absolute Gasteiger partial charge is 0.142 e. The topological polar surface area (TPSA) is 36.4 Å². The summed E-state index contributed by atoms with van der Waals surface area (Å²) < 4.78 is 12.8. The van der Waals surface area contributed by atoms with Gasteiger partial charge in [0.25, 0.3) is 0 Å². The number of rotatable bonds is 3. The van der Waals surface area contributed by atoms with Crippen LogP contribution in [0.2, 0.25) is 0 Å². The fourth-order valence-electron chi connectivity index (χ4n) is 1.54. The second kappa shape index (κ2) is 3.53. The van der Waals surface area contributed by atoms with Crippen molar-refractivity contribution in [1.29, 1.82) is 0 Å². The van der Waals surface area contributed by atoms with Gasteiger partial charge in [0.05, 0.1) is 12.8 Å². The number of aliphatic hydroxyl groups is 1. The molecular weight excluding hydrogens is 183 g/mol. The fourth-order valence-corrected chi connectivity index (χ4v) is 1.54. The molecule has 0 saturated heterocycles. The Hall–Kier alpha value is -1.16. The first-order valence-electron chi connectivity index (χ1n) is 4.70. The first-order valence-corrected chi connectivity index (χ1v) is 4.70. The number of aromatic nitrogens is 1. The Labute approximate surface area is 82.2 Å². The SMILES string of the molecule is CN(c1ncc(F)cc1CO)C1CC1. The van der Waals surface area contributed by atoms with E-state index in [0.29, 0.717) is 17.4 Å². The summed E-state index contributed by atoms with van der Waals surface area (Å²) in [6.45, 7) is -0.169. The lowest BCUT2D eigenvalue weighted by atomic mass is 10.2. The van der Waals surface area contributed by atoms with Gasteiger partial charge in [-0.25, -0.2) is 9.37 Å². The molecule has 1 aromatic rings. The first-order chi connectivity index (χ1) is 6.72. The van der Waals surface area contributed by atoms with Gasteiger partial charge in [0, 0.05) is 18.7 Å². The number of anilines is 1. The molecule has 14 heavy (non-hydrogen) atoms. The van der Waals surface area contributed by atoms with E-state index in [1.165, 1.54) is 12.3 Å². The number of hydrogen-bond donors (Lipinski definition) is 1. The van der Waals surface area contributed by atoms with Crippen LogP contribution in [0.4, 0.5) is 10.2 Å². The van der Waals surface area contributed by atoms with Gasteiger partial charge in [0.1, 0.15) is 11.6 Å². The van der Waals surface area contributed by atoms with Gasteiger partial charge < -0.3 is 10.0 Å². The Morgan fingerprint density at radius 1 is 1.64 bits per heavy atom. The maximum Gasteiger partial charge on any atom is 0.142 e. The van der Waals surface area contributed by atoms with E-state index in [-0.39, 0.29) is 6.61 Å². The van der Waals surface area contributed by atoms with Crippen molar-refractivity contribution in [3.05, 3.63) is 23.6 Å². The van der Waals surface area contributed by atoms with Crippen molar-refractivity contribution >= 4 is 5.82 Å². The minimum atomic E-state index is -0.401. The molecule has 4 heteroatoms. The third-order valence-corrected chi connectivity index (χ3v) is 2.51. The number of nitrogens with zero attached hydrogens (tertiary/aromatic N) is 2. The van der Waals surface area contributed by atoms with Crippen LogP contribution in [-0.4, -0.2) is 23.2 Å². The van der Waals surface area contributed by atoms with Crippen LogP contribution in [-0.2, 0) is 6.61 Å². The first kappa shape index (κ1) is 9.40. The molecule has 0 amide bonds. The van der Waals surface area contributed by atoms with Gasteiger partial charge in [-0.05, 0) is 18.9 Å².